The second kappa shape index (κ2) is 8.98. The number of hydrazine groups is 1. The van der Waals surface area contributed by atoms with E-state index in [-0.39, 0.29) is 22.1 Å². The van der Waals surface area contributed by atoms with Gasteiger partial charge < -0.3 is 15.2 Å². The average Bonchev–Trinajstić information content (AvgIpc) is 2.80. The number of nitrogens with two attached hydrogens (primary N) is 2. The van der Waals surface area contributed by atoms with E-state index in [9.17, 15) is 15.0 Å². The number of nitroso groups, excluding NO2 is 1. The number of nitro groups is 1. The maximum Gasteiger partial charge on any atom is 0.291 e. The van der Waals surface area contributed by atoms with Crippen LogP contribution in [-0.2, 0) is 0 Å². The van der Waals surface area contributed by atoms with E-state index < -0.39 is 4.92 Å². The molecule has 0 aliphatic carbocycles. The smallest absolute Gasteiger partial charge is 0.291 e. The number of anilines is 1. The monoisotopic (exact) mass is 445 g/mol. The zero-order valence-electron chi connectivity index (χ0n) is 17.0. The lowest BCUT2D eigenvalue weighted by molar-refractivity contribution is -0.474. The largest absolute Gasteiger partial charge is 0.457 e. The predicted octanol–water partition coefficient (Wildman–Crippen LogP) is 4.50. The van der Waals surface area contributed by atoms with Gasteiger partial charge in [0.2, 0.25) is 0 Å². The van der Waals surface area contributed by atoms with Gasteiger partial charge in [-0.25, -0.2) is 4.98 Å². The van der Waals surface area contributed by atoms with Crippen LogP contribution < -0.4 is 21.1 Å². The van der Waals surface area contributed by atoms with Gasteiger partial charge in [-0.15, -0.1) is 0 Å². The molecule has 2 aromatic carbocycles. The Bertz CT molecular complexity index is 1330. The fourth-order valence-electron chi connectivity index (χ4n) is 2.97. The van der Waals surface area contributed by atoms with Gasteiger partial charge in [-0.2, -0.15) is 5.84 Å². The highest BCUT2D eigenvalue weighted by Gasteiger charge is 2.16. The Morgan fingerprint density at radius 3 is 2.00 bits per heavy atom. The molecule has 2 aromatic heterocycles. The van der Waals surface area contributed by atoms with Crippen LogP contribution in [-0.4, -0.2) is 19.8 Å². The third-order valence-electron chi connectivity index (χ3n) is 4.53. The molecular weight excluding hydrogens is 428 g/mol. The van der Waals surface area contributed by atoms with Gasteiger partial charge in [0, 0.05) is 42.7 Å². The number of rotatable bonds is 7. The first-order valence-electron chi connectivity index (χ1n) is 9.54. The van der Waals surface area contributed by atoms with Crippen LogP contribution in [0.2, 0.25) is 0 Å². The van der Waals surface area contributed by atoms with Crippen molar-refractivity contribution in [1.82, 2.24) is 9.97 Å². The minimum absolute atomic E-state index is 0.0502. The standard InChI is InChI=1S/C22H17N6O5/c23-22-21(20(10-12-26-22)33-17-7-3-15(4-8-17)28(30)31)19-13-18(9-11-25-19)32-16-5-1-14(2-6-16)27(24)29/h1-13H,(H2,23,26)(H2,24,29)/q+1. The number of nitrogens with zero attached hydrogens (tertiary/aromatic N) is 4. The first-order chi connectivity index (χ1) is 15.9. The highest BCUT2D eigenvalue weighted by Crippen LogP contribution is 2.37. The average molecular weight is 445 g/mol. The summed E-state index contributed by atoms with van der Waals surface area (Å²) >= 11 is 0. The van der Waals surface area contributed by atoms with Crippen molar-refractivity contribution in [3.63, 3.8) is 0 Å². The lowest BCUT2D eigenvalue weighted by atomic mass is 10.1. The molecular formula is C22H17N6O5+. The van der Waals surface area contributed by atoms with E-state index in [0.717, 1.165) is 0 Å². The number of pyridine rings is 2. The van der Waals surface area contributed by atoms with Crippen molar-refractivity contribution in [3.8, 4) is 34.3 Å². The second-order valence-corrected chi connectivity index (χ2v) is 6.72. The first-order valence-corrected chi connectivity index (χ1v) is 9.54. The molecule has 4 N–H and O–H groups in total. The second-order valence-electron chi connectivity index (χ2n) is 6.72. The summed E-state index contributed by atoms with van der Waals surface area (Å²) in [6.45, 7) is 0. The number of nitro benzene ring substituents is 1. The first kappa shape index (κ1) is 21.2. The van der Waals surface area contributed by atoms with Crippen LogP contribution >= 0.6 is 0 Å². The van der Waals surface area contributed by atoms with E-state index in [0.29, 0.717) is 34.3 Å². The van der Waals surface area contributed by atoms with Crippen molar-refractivity contribution in [2.24, 2.45) is 5.84 Å². The fraction of sp³-hybridized carbons (Fsp3) is 0. The normalized spacial score (nSPS) is 10.4. The summed E-state index contributed by atoms with van der Waals surface area (Å²) in [4.78, 5) is 30.2. The number of benzene rings is 2. The van der Waals surface area contributed by atoms with E-state index in [4.69, 9.17) is 21.1 Å². The van der Waals surface area contributed by atoms with E-state index in [2.05, 4.69) is 9.97 Å². The summed E-state index contributed by atoms with van der Waals surface area (Å²) in [5.41, 5.74) is 7.22. The van der Waals surface area contributed by atoms with Crippen LogP contribution in [0, 0.1) is 15.0 Å². The molecule has 33 heavy (non-hydrogen) atoms. The topological polar surface area (TPSA) is 160 Å². The van der Waals surface area contributed by atoms with Gasteiger partial charge >= 0.3 is 0 Å². The van der Waals surface area contributed by atoms with Crippen molar-refractivity contribution in [2.75, 3.05) is 5.73 Å². The zero-order chi connectivity index (χ0) is 23.4. The summed E-state index contributed by atoms with van der Waals surface area (Å²) in [5.74, 6) is 7.05. The Labute approximate surface area is 186 Å². The van der Waals surface area contributed by atoms with Gasteiger partial charge in [0.05, 0.1) is 21.1 Å². The molecule has 0 amide bonds. The van der Waals surface area contributed by atoms with E-state index in [1.165, 1.54) is 42.6 Å². The van der Waals surface area contributed by atoms with Crippen LogP contribution in [0.1, 0.15) is 0 Å². The molecule has 11 heteroatoms. The third-order valence-corrected chi connectivity index (χ3v) is 4.53. The molecule has 4 rings (SSSR count). The third kappa shape index (κ3) is 4.82. The molecule has 0 aliphatic rings. The molecule has 0 saturated carbocycles. The summed E-state index contributed by atoms with van der Waals surface area (Å²) in [6, 6.07) is 16.9. The van der Waals surface area contributed by atoms with E-state index in [1.807, 2.05) is 0 Å². The fourth-order valence-corrected chi connectivity index (χ4v) is 2.97. The number of aromatic nitrogens is 2. The van der Waals surface area contributed by atoms with Crippen molar-refractivity contribution in [1.29, 1.82) is 0 Å². The lowest BCUT2D eigenvalue weighted by Gasteiger charge is -2.13. The maximum absolute atomic E-state index is 11.1. The van der Waals surface area contributed by atoms with Crippen molar-refractivity contribution in [2.45, 2.75) is 0 Å². The molecule has 0 spiro atoms. The molecule has 0 atom stereocenters. The van der Waals surface area contributed by atoms with E-state index >= 15 is 0 Å². The molecule has 0 bridgehead atoms. The lowest BCUT2D eigenvalue weighted by Crippen LogP contribution is -2.08. The number of ether oxygens (including phenoxy) is 2. The van der Waals surface area contributed by atoms with Crippen LogP contribution in [0.25, 0.3) is 11.3 Å². The number of nitrogen functional groups attached to an aromatic ring is 1. The minimum atomic E-state index is -0.491. The molecule has 0 aliphatic heterocycles. The Hall–Kier alpha value is -5.06. The minimum Gasteiger partial charge on any atom is -0.457 e. The number of hydrogen-bond donors (Lipinski definition) is 2. The maximum atomic E-state index is 11.1. The van der Waals surface area contributed by atoms with Crippen LogP contribution in [0.3, 0.4) is 0 Å². The Morgan fingerprint density at radius 2 is 1.36 bits per heavy atom. The molecule has 4 aromatic rings. The van der Waals surface area contributed by atoms with Gasteiger partial charge in [-0.05, 0) is 36.4 Å². The predicted molar refractivity (Wildman–Crippen MR) is 119 cm³/mol. The summed E-state index contributed by atoms with van der Waals surface area (Å²) < 4.78 is 11.7. The van der Waals surface area contributed by atoms with Crippen LogP contribution in [0.15, 0.2) is 79.1 Å². The highest BCUT2D eigenvalue weighted by atomic mass is 16.6. The number of non-ortho nitro benzene ring substituents is 1. The Balaban J connectivity index is 1.62. The molecule has 0 radical (unpaired) electrons. The summed E-state index contributed by atoms with van der Waals surface area (Å²) in [7, 11) is 0. The van der Waals surface area contributed by atoms with Crippen LogP contribution in [0.4, 0.5) is 17.2 Å². The highest BCUT2D eigenvalue weighted by molar-refractivity contribution is 5.78. The van der Waals surface area contributed by atoms with Gasteiger partial charge in [0.25, 0.3) is 11.4 Å². The molecule has 11 nitrogen and oxygen atoms in total. The van der Waals surface area contributed by atoms with Gasteiger partial charge in [-0.1, -0.05) is 0 Å². The zero-order valence-corrected chi connectivity index (χ0v) is 17.0. The van der Waals surface area contributed by atoms with E-state index in [1.54, 1.807) is 36.5 Å². The van der Waals surface area contributed by atoms with Gasteiger partial charge in [0.15, 0.2) is 4.87 Å². The molecule has 2 heterocycles. The molecule has 164 valence electrons. The quantitative estimate of drug-likeness (QED) is 0.181. The molecule has 0 unspecified atom stereocenters. The Kier molecular flexibility index (Phi) is 5.76. The van der Waals surface area contributed by atoms with Gasteiger partial charge in [-0.3, -0.25) is 15.1 Å². The molecule has 0 saturated heterocycles. The molecule has 0 fully saturated rings. The summed E-state index contributed by atoms with van der Waals surface area (Å²) in [5, 5.41) is 10.9. The summed E-state index contributed by atoms with van der Waals surface area (Å²) in [6.07, 6.45) is 3.03. The van der Waals surface area contributed by atoms with Crippen molar-refractivity contribution >= 4 is 17.2 Å². The number of hydrogen-bond acceptors (Lipinski definition) is 8. The SMILES string of the molecule is Nc1nccc(Oc2ccc([N+](=O)[O-])cc2)c1-c1cc(Oc2ccc([N+](N)=O)cc2)ccn1. The Morgan fingerprint density at radius 1 is 0.758 bits per heavy atom. The van der Waals surface area contributed by atoms with Gasteiger partial charge in [0.1, 0.15) is 28.8 Å². The van der Waals surface area contributed by atoms with Crippen LogP contribution in [0.5, 0.6) is 23.0 Å². The van der Waals surface area contributed by atoms with Crippen molar-refractivity contribution < 1.29 is 19.3 Å². The van der Waals surface area contributed by atoms with Crippen molar-refractivity contribution in [3.05, 3.63) is 94.1 Å².